The van der Waals surface area contributed by atoms with Gasteiger partial charge in [-0.3, -0.25) is 4.90 Å². The molecule has 146 valence electrons. The van der Waals surface area contributed by atoms with Crippen LogP contribution in [0.15, 0.2) is 48.5 Å². The third-order valence-electron chi connectivity index (χ3n) is 5.83. The zero-order chi connectivity index (χ0) is 18.0. The van der Waals surface area contributed by atoms with E-state index < -0.39 is 11.7 Å². The van der Waals surface area contributed by atoms with E-state index in [2.05, 4.69) is 28.4 Å². The van der Waals surface area contributed by atoms with Gasteiger partial charge in [-0.25, -0.2) is 0 Å². The summed E-state index contributed by atoms with van der Waals surface area (Å²) in [6.07, 6.45) is 2.35. The predicted molar refractivity (Wildman–Crippen MR) is 111 cm³/mol. The van der Waals surface area contributed by atoms with Gasteiger partial charge in [-0.1, -0.05) is 42.5 Å². The minimum atomic E-state index is -0.770. The summed E-state index contributed by atoms with van der Waals surface area (Å²) in [4.78, 5) is 2.41. The molecule has 0 amide bonds. The number of nitrogens with one attached hydrogen (secondary N) is 1. The first kappa shape index (κ1) is 20.2. The average molecular weight is 389 g/mol. The van der Waals surface area contributed by atoms with Gasteiger partial charge in [0.15, 0.2) is 0 Å². The zero-order valence-corrected chi connectivity index (χ0v) is 16.4. The Morgan fingerprint density at radius 3 is 2.56 bits per heavy atom. The molecular weight excluding hydrogens is 360 g/mol. The van der Waals surface area contributed by atoms with Crippen LogP contribution in [-0.2, 0) is 13.0 Å². The molecular formula is C22H29ClN2O2. The first-order valence-corrected chi connectivity index (χ1v) is 9.65. The maximum atomic E-state index is 10.9. The lowest BCUT2D eigenvalue weighted by molar-refractivity contribution is -0.0567. The summed E-state index contributed by atoms with van der Waals surface area (Å²) in [6.45, 7) is 3.71. The second kappa shape index (κ2) is 8.61. The second-order valence-electron chi connectivity index (χ2n) is 7.80. The van der Waals surface area contributed by atoms with Crippen LogP contribution in [0.3, 0.4) is 0 Å². The van der Waals surface area contributed by atoms with Gasteiger partial charge < -0.3 is 15.5 Å². The molecule has 2 aromatic rings. The third-order valence-corrected chi connectivity index (χ3v) is 5.83. The molecule has 0 spiro atoms. The third kappa shape index (κ3) is 4.82. The zero-order valence-electron chi connectivity index (χ0n) is 15.6. The minimum absolute atomic E-state index is 0. The Morgan fingerprint density at radius 1 is 1.07 bits per heavy atom. The van der Waals surface area contributed by atoms with Gasteiger partial charge in [0, 0.05) is 38.3 Å². The standard InChI is InChI=1S/C22H28N2O2.ClH/c25-21(18-4-2-1-3-5-18)15-22(26)9-12-24(13-10-22)16-17-6-7-20-19(14-17)8-11-23-20;/h1-7,14,21,23,25-26H,8-13,15-16H2;1H. The van der Waals surface area contributed by atoms with E-state index in [1.54, 1.807) is 0 Å². The lowest BCUT2D eigenvalue weighted by atomic mass is 9.84. The van der Waals surface area contributed by atoms with E-state index in [0.717, 1.165) is 38.2 Å². The summed E-state index contributed by atoms with van der Waals surface area (Å²) in [6, 6.07) is 16.4. The second-order valence-corrected chi connectivity index (χ2v) is 7.80. The van der Waals surface area contributed by atoms with Crippen LogP contribution in [0.2, 0.25) is 0 Å². The van der Waals surface area contributed by atoms with Crippen molar-refractivity contribution in [2.24, 2.45) is 0 Å². The number of aliphatic hydroxyl groups is 2. The molecule has 1 atom stereocenters. The molecule has 3 N–H and O–H groups in total. The summed E-state index contributed by atoms with van der Waals surface area (Å²) in [7, 11) is 0. The molecule has 0 bridgehead atoms. The van der Waals surface area contributed by atoms with Gasteiger partial charge in [0.2, 0.25) is 0 Å². The van der Waals surface area contributed by atoms with Crippen molar-refractivity contribution < 1.29 is 10.2 Å². The van der Waals surface area contributed by atoms with Crippen molar-refractivity contribution in [3.63, 3.8) is 0 Å². The molecule has 0 saturated carbocycles. The van der Waals surface area contributed by atoms with Crippen molar-refractivity contribution in [1.29, 1.82) is 0 Å². The van der Waals surface area contributed by atoms with Crippen LogP contribution in [0.25, 0.3) is 0 Å². The quantitative estimate of drug-likeness (QED) is 0.733. The minimum Gasteiger partial charge on any atom is -0.390 e. The van der Waals surface area contributed by atoms with Crippen LogP contribution in [0.5, 0.6) is 0 Å². The van der Waals surface area contributed by atoms with Crippen molar-refractivity contribution >= 4 is 18.1 Å². The summed E-state index contributed by atoms with van der Waals surface area (Å²) in [5, 5.41) is 24.8. The smallest absolute Gasteiger partial charge is 0.0817 e. The molecule has 0 aliphatic carbocycles. The Kier molecular flexibility index (Phi) is 6.43. The summed E-state index contributed by atoms with van der Waals surface area (Å²) >= 11 is 0. The van der Waals surface area contributed by atoms with E-state index in [4.69, 9.17) is 0 Å². The first-order valence-electron chi connectivity index (χ1n) is 9.65. The molecule has 2 heterocycles. The number of benzene rings is 2. The summed E-state index contributed by atoms with van der Waals surface area (Å²) < 4.78 is 0. The van der Waals surface area contributed by atoms with Crippen LogP contribution in [0.1, 0.15) is 42.1 Å². The molecule has 2 aliphatic heterocycles. The number of fused-ring (bicyclic) bond motifs is 1. The number of rotatable bonds is 5. The van der Waals surface area contributed by atoms with Crippen molar-refractivity contribution in [3.05, 3.63) is 65.2 Å². The molecule has 1 fully saturated rings. The van der Waals surface area contributed by atoms with Crippen LogP contribution in [0.4, 0.5) is 5.69 Å². The van der Waals surface area contributed by atoms with Crippen LogP contribution < -0.4 is 5.32 Å². The number of piperidine rings is 1. The number of nitrogens with zero attached hydrogens (tertiary/aromatic N) is 1. The van der Waals surface area contributed by atoms with Crippen LogP contribution >= 0.6 is 12.4 Å². The number of anilines is 1. The highest BCUT2D eigenvalue weighted by Gasteiger charge is 2.34. The SMILES string of the molecule is Cl.OC(CC1(O)CCN(Cc2ccc3c(c2)CCN3)CC1)c1ccccc1. The highest BCUT2D eigenvalue weighted by atomic mass is 35.5. The van der Waals surface area contributed by atoms with E-state index in [0.29, 0.717) is 19.3 Å². The van der Waals surface area contributed by atoms with E-state index in [9.17, 15) is 10.2 Å². The molecule has 0 radical (unpaired) electrons. The molecule has 0 aromatic heterocycles. The Labute approximate surface area is 167 Å². The number of aliphatic hydroxyl groups excluding tert-OH is 1. The van der Waals surface area contributed by atoms with Gasteiger partial charge in [0.05, 0.1) is 11.7 Å². The molecule has 4 nitrogen and oxygen atoms in total. The molecule has 5 heteroatoms. The van der Waals surface area contributed by atoms with Gasteiger partial charge in [-0.2, -0.15) is 0 Å². The van der Waals surface area contributed by atoms with E-state index in [-0.39, 0.29) is 12.4 Å². The fraction of sp³-hybridized carbons (Fsp3) is 0.455. The highest BCUT2D eigenvalue weighted by Crippen LogP contribution is 2.33. The fourth-order valence-electron chi connectivity index (χ4n) is 4.20. The molecule has 4 rings (SSSR count). The van der Waals surface area contributed by atoms with Crippen LogP contribution in [0, 0.1) is 0 Å². The number of hydrogen-bond donors (Lipinski definition) is 3. The van der Waals surface area contributed by atoms with Gasteiger partial charge in [0.25, 0.3) is 0 Å². The fourth-order valence-corrected chi connectivity index (χ4v) is 4.20. The highest BCUT2D eigenvalue weighted by molar-refractivity contribution is 5.85. The topological polar surface area (TPSA) is 55.7 Å². The number of hydrogen-bond acceptors (Lipinski definition) is 4. The Balaban J connectivity index is 0.00000210. The Morgan fingerprint density at radius 2 is 1.81 bits per heavy atom. The van der Waals surface area contributed by atoms with Crippen molar-refractivity contribution in [1.82, 2.24) is 4.90 Å². The first-order chi connectivity index (χ1) is 12.6. The normalized spacial score (nSPS) is 19.6. The molecule has 2 aliphatic rings. The number of likely N-dealkylation sites (tertiary alicyclic amines) is 1. The largest absolute Gasteiger partial charge is 0.390 e. The molecule has 1 unspecified atom stereocenters. The van der Waals surface area contributed by atoms with Gasteiger partial charge in [-0.15, -0.1) is 12.4 Å². The van der Waals surface area contributed by atoms with Crippen LogP contribution in [-0.4, -0.2) is 40.3 Å². The Hall–Kier alpha value is -1.59. The van der Waals surface area contributed by atoms with Gasteiger partial charge in [-0.05, 0) is 42.0 Å². The lowest BCUT2D eigenvalue weighted by Gasteiger charge is -2.39. The number of halogens is 1. The van der Waals surface area contributed by atoms with Crippen molar-refractivity contribution in [3.8, 4) is 0 Å². The summed E-state index contributed by atoms with van der Waals surface area (Å²) in [5.41, 5.74) is 4.16. The molecule has 2 aromatic carbocycles. The molecule has 1 saturated heterocycles. The van der Waals surface area contributed by atoms with Crippen molar-refractivity contribution in [2.75, 3.05) is 25.0 Å². The molecule has 27 heavy (non-hydrogen) atoms. The monoisotopic (exact) mass is 388 g/mol. The lowest BCUT2D eigenvalue weighted by Crippen LogP contribution is -2.44. The average Bonchev–Trinajstić information content (AvgIpc) is 3.12. The van der Waals surface area contributed by atoms with Gasteiger partial charge >= 0.3 is 0 Å². The van der Waals surface area contributed by atoms with E-state index >= 15 is 0 Å². The van der Waals surface area contributed by atoms with Gasteiger partial charge in [0.1, 0.15) is 0 Å². The predicted octanol–water partition coefficient (Wildman–Crippen LogP) is 3.53. The van der Waals surface area contributed by atoms with Crippen molar-refractivity contribution in [2.45, 2.75) is 43.9 Å². The summed E-state index contributed by atoms with van der Waals surface area (Å²) in [5.74, 6) is 0. The van der Waals surface area contributed by atoms with E-state index in [1.165, 1.54) is 16.8 Å². The van der Waals surface area contributed by atoms with E-state index in [1.807, 2.05) is 30.3 Å². The maximum absolute atomic E-state index is 10.9. The Bertz CT molecular complexity index is 745. The maximum Gasteiger partial charge on any atom is 0.0817 e.